The summed E-state index contributed by atoms with van der Waals surface area (Å²) in [6.07, 6.45) is -0.254. The number of nitrogens with two attached hydrogens (primary N) is 1. The number of ether oxygens (including phenoxy) is 1. The molecule has 2 rings (SSSR count). The van der Waals surface area contributed by atoms with E-state index in [9.17, 15) is 27.8 Å². The van der Waals surface area contributed by atoms with E-state index in [4.69, 9.17) is 25.2 Å². The van der Waals surface area contributed by atoms with Gasteiger partial charge in [-0.3, -0.25) is 9.09 Å². The molecule has 0 bridgehead atoms. The lowest BCUT2D eigenvalue weighted by molar-refractivity contribution is -0.00692. The van der Waals surface area contributed by atoms with Gasteiger partial charge in [0.15, 0.2) is 11.6 Å². The first-order valence-corrected chi connectivity index (χ1v) is 15.4. The average Bonchev–Trinajstić information content (AvgIpc) is 3.17. The molecule has 0 aliphatic carbocycles. The Balaban J connectivity index is 0.000000762. The van der Waals surface area contributed by atoms with Crippen molar-refractivity contribution in [3.8, 4) is 0 Å². The van der Waals surface area contributed by atoms with E-state index in [1.54, 1.807) is 0 Å². The van der Waals surface area contributed by atoms with Gasteiger partial charge in [0.1, 0.15) is 11.7 Å². The van der Waals surface area contributed by atoms with Crippen LogP contribution in [0.3, 0.4) is 0 Å². The Morgan fingerprint density at radius 3 is 2.23 bits per heavy atom. The summed E-state index contributed by atoms with van der Waals surface area (Å²) in [5.74, 6) is -1.49. The maximum Gasteiger partial charge on any atom is 0.490 e. The third-order valence-electron chi connectivity index (χ3n) is 4.11. The number of aromatic nitrogens is 2. The van der Waals surface area contributed by atoms with Crippen molar-refractivity contribution in [2.24, 2.45) is 0 Å². The van der Waals surface area contributed by atoms with Gasteiger partial charge in [-0.1, -0.05) is 20.8 Å². The third-order valence-corrected chi connectivity index (χ3v) is 9.01. The number of rotatable bonds is 11. The van der Waals surface area contributed by atoms with E-state index >= 15 is 0 Å². The molecule has 0 amide bonds. The molecule has 2 heterocycles. The molecule has 1 aliphatic heterocycles. The minimum Gasteiger partial charge on any atom is -0.381 e. The number of halogens is 1. The van der Waals surface area contributed by atoms with Crippen LogP contribution in [0.1, 0.15) is 27.0 Å². The minimum absolute atomic E-state index is 0.0787. The SMILES string of the molecule is CCN(CC)CC.Nc1nc(=O)n([C@H]2CS[C@@H](COP(=O)(O)OP(=O)(O)OP(=O)(O)O)O2)cc1F. The molecule has 21 heteroatoms. The lowest BCUT2D eigenvalue weighted by Gasteiger charge is -2.18. The summed E-state index contributed by atoms with van der Waals surface area (Å²) in [4.78, 5) is 52.6. The fraction of sp³-hybridized carbons (Fsp3) is 0.714. The Bertz CT molecular complexity index is 1030. The number of thioether (sulfide) groups is 1. The van der Waals surface area contributed by atoms with Crippen molar-refractivity contribution in [2.45, 2.75) is 32.4 Å². The van der Waals surface area contributed by atoms with Gasteiger partial charge in [-0.05, 0) is 19.6 Å². The Hall–Kier alpha value is -0.710. The van der Waals surface area contributed by atoms with Crippen molar-refractivity contribution in [3.05, 3.63) is 22.5 Å². The molecule has 1 aromatic heterocycles. The van der Waals surface area contributed by atoms with Gasteiger partial charge < -0.3 is 34.9 Å². The molecular weight excluding hydrogens is 560 g/mol. The summed E-state index contributed by atoms with van der Waals surface area (Å²) in [7, 11) is -16.4. The van der Waals surface area contributed by atoms with E-state index in [-0.39, 0.29) is 5.75 Å². The third kappa shape index (κ3) is 11.9. The van der Waals surface area contributed by atoms with E-state index in [2.05, 4.69) is 43.8 Å². The van der Waals surface area contributed by atoms with E-state index in [1.165, 1.54) is 19.6 Å². The molecule has 16 nitrogen and oxygen atoms in total. The highest BCUT2D eigenvalue weighted by Gasteiger charge is 2.41. The second-order valence-corrected chi connectivity index (χ2v) is 12.1. The molecule has 204 valence electrons. The highest BCUT2D eigenvalue weighted by Crippen LogP contribution is 2.66. The zero-order valence-corrected chi connectivity index (χ0v) is 22.4. The van der Waals surface area contributed by atoms with Crippen molar-refractivity contribution in [1.29, 1.82) is 0 Å². The van der Waals surface area contributed by atoms with Gasteiger partial charge in [0.05, 0.1) is 12.8 Å². The highest BCUT2D eigenvalue weighted by molar-refractivity contribution is 8.00. The topological polar surface area (TPSA) is 233 Å². The fourth-order valence-electron chi connectivity index (χ4n) is 2.47. The number of phosphoric ester groups is 1. The van der Waals surface area contributed by atoms with Crippen LogP contribution in [-0.2, 0) is 31.6 Å². The molecule has 2 unspecified atom stereocenters. The van der Waals surface area contributed by atoms with Crippen LogP contribution in [0, 0.1) is 5.82 Å². The van der Waals surface area contributed by atoms with Crippen molar-refractivity contribution in [1.82, 2.24) is 14.5 Å². The maximum absolute atomic E-state index is 13.5. The summed E-state index contributed by atoms with van der Waals surface area (Å²) in [5.41, 5.74) is 3.26. The maximum atomic E-state index is 13.5. The Labute approximate surface area is 204 Å². The standard InChI is InChI=1S/C8H13FN3O12P3S.C6H15N/c9-4-1-12(8(13)11-7(4)10)5-3-28-6(22-5)2-21-26(17,18)24-27(19,20)23-25(14,15)16;1-4-7(5-2)6-3/h1,5-6H,2-3H2,(H,17,18)(H,19,20)(H2,10,11,13)(H2,14,15,16);4-6H2,1-3H3/t5-,6+;/m1./s1. The van der Waals surface area contributed by atoms with Gasteiger partial charge in [-0.2, -0.15) is 13.6 Å². The molecule has 0 radical (unpaired) electrons. The van der Waals surface area contributed by atoms with Gasteiger partial charge in [0.2, 0.25) is 0 Å². The Morgan fingerprint density at radius 1 is 1.17 bits per heavy atom. The summed E-state index contributed by atoms with van der Waals surface area (Å²) in [6, 6.07) is 0. The van der Waals surface area contributed by atoms with Crippen LogP contribution in [0.15, 0.2) is 11.0 Å². The molecule has 1 saturated heterocycles. The lowest BCUT2D eigenvalue weighted by atomic mass is 10.5. The Kier molecular flexibility index (Phi) is 12.7. The molecule has 0 aromatic carbocycles. The molecule has 1 fully saturated rings. The molecule has 6 N–H and O–H groups in total. The second-order valence-electron chi connectivity index (χ2n) is 6.52. The number of anilines is 1. The quantitative estimate of drug-likeness (QED) is 0.229. The first-order chi connectivity index (χ1) is 16.0. The van der Waals surface area contributed by atoms with Crippen LogP contribution in [0.4, 0.5) is 10.2 Å². The molecule has 0 spiro atoms. The molecular formula is C14H28FN4O12P3S. The summed E-state index contributed by atoms with van der Waals surface area (Å²) < 4.78 is 64.4. The molecule has 1 aromatic rings. The molecule has 1 aliphatic rings. The van der Waals surface area contributed by atoms with Gasteiger partial charge in [0, 0.05) is 5.75 Å². The van der Waals surface area contributed by atoms with Crippen molar-refractivity contribution in [3.63, 3.8) is 0 Å². The van der Waals surface area contributed by atoms with E-state index < -0.39 is 59.1 Å². The molecule has 35 heavy (non-hydrogen) atoms. The number of hydrogen-bond acceptors (Lipinski definition) is 12. The van der Waals surface area contributed by atoms with Crippen LogP contribution < -0.4 is 11.4 Å². The zero-order valence-electron chi connectivity index (χ0n) is 18.9. The second kappa shape index (κ2) is 13.7. The zero-order chi connectivity index (χ0) is 27.0. The van der Waals surface area contributed by atoms with Gasteiger partial charge in [-0.25, -0.2) is 22.9 Å². The summed E-state index contributed by atoms with van der Waals surface area (Å²) in [6.45, 7) is 9.41. The van der Waals surface area contributed by atoms with Gasteiger partial charge in [0.25, 0.3) is 0 Å². The molecule has 0 saturated carbocycles. The fourth-order valence-corrected chi connectivity index (χ4v) is 6.58. The van der Waals surface area contributed by atoms with Gasteiger partial charge >= 0.3 is 29.2 Å². The normalized spacial score (nSPS) is 21.7. The van der Waals surface area contributed by atoms with E-state index in [0.717, 1.165) is 22.5 Å². The number of phosphoric acid groups is 3. The van der Waals surface area contributed by atoms with E-state index in [1.807, 2.05) is 0 Å². The molecule has 4 atom stereocenters. The minimum atomic E-state index is -5.63. The smallest absolute Gasteiger partial charge is 0.381 e. The number of nitrogens with zero attached hydrogens (tertiary/aromatic N) is 3. The van der Waals surface area contributed by atoms with Crippen molar-refractivity contribution in [2.75, 3.05) is 37.7 Å². The first kappa shape index (κ1) is 32.3. The predicted molar refractivity (Wildman–Crippen MR) is 123 cm³/mol. The van der Waals surface area contributed by atoms with Crippen LogP contribution in [0.2, 0.25) is 0 Å². The average molecular weight is 588 g/mol. The first-order valence-electron chi connectivity index (χ1n) is 9.84. The van der Waals surface area contributed by atoms with Crippen LogP contribution in [0.25, 0.3) is 0 Å². The number of hydrogen-bond donors (Lipinski definition) is 5. The van der Waals surface area contributed by atoms with Crippen molar-refractivity contribution < 1.29 is 55.5 Å². The van der Waals surface area contributed by atoms with Crippen LogP contribution in [-0.4, -0.2) is 71.5 Å². The van der Waals surface area contributed by atoms with Crippen LogP contribution >= 0.6 is 35.2 Å². The summed E-state index contributed by atoms with van der Waals surface area (Å²) >= 11 is 0.969. The van der Waals surface area contributed by atoms with Crippen molar-refractivity contribution >= 4 is 41.0 Å². The van der Waals surface area contributed by atoms with Gasteiger partial charge in [-0.15, -0.1) is 11.8 Å². The Morgan fingerprint density at radius 2 is 1.74 bits per heavy atom. The monoisotopic (exact) mass is 588 g/mol. The predicted octanol–water partition coefficient (Wildman–Crippen LogP) is 1.24. The summed E-state index contributed by atoms with van der Waals surface area (Å²) in [5, 5.41) is 0. The highest BCUT2D eigenvalue weighted by atomic mass is 32.2. The lowest BCUT2D eigenvalue weighted by Crippen LogP contribution is -2.30. The number of nitrogen functional groups attached to an aromatic ring is 1. The van der Waals surface area contributed by atoms with E-state index in [0.29, 0.717) is 0 Å². The van der Waals surface area contributed by atoms with Crippen LogP contribution in [0.5, 0.6) is 0 Å². The largest absolute Gasteiger partial charge is 0.490 e.